The number of nitrogens with zero attached hydrogens (tertiary/aromatic N) is 3. The van der Waals surface area contributed by atoms with Crippen LogP contribution in [0.1, 0.15) is 17.0 Å². The lowest BCUT2D eigenvalue weighted by Gasteiger charge is -2.11. The predicted molar refractivity (Wildman–Crippen MR) is 82.8 cm³/mol. The monoisotopic (exact) mass is 274 g/mol. The largest absolute Gasteiger partial charge is 0.378 e. The first kappa shape index (κ1) is 13.1. The van der Waals surface area contributed by atoms with Gasteiger partial charge >= 0.3 is 0 Å². The Morgan fingerprint density at radius 3 is 2.81 bits per heavy atom. The molecule has 1 N–H and O–H groups in total. The van der Waals surface area contributed by atoms with Crippen molar-refractivity contribution in [3.05, 3.63) is 65.6 Å². The van der Waals surface area contributed by atoms with Crippen LogP contribution in [0.5, 0.6) is 0 Å². The van der Waals surface area contributed by atoms with Gasteiger partial charge in [-0.25, -0.2) is 0 Å². The standard InChI is InChI=1S/C17H14N4/c1-12-5-4-6-14(21-12)11-20-17-13(9-18)10-19-16-8-3-2-7-15(16)17/h2-8,10H,11H2,1H3,(H,19,20). The topological polar surface area (TPSA) is 61.6 Å². The van der Waals surface area contributed by atoms with Gasteiger partial charge in [0.25, 0.3) is 0 Å². The molecule has 4 heteroatoms. The molecule has 1 aromatic carbocycles. The van der Waals surface area contributed by atoms with Crippen LogP contribution < -0.4 is 5.32 Å². The Hall–Kier alpha value is -2.93. The third kappa shape index (κ3) is 2.67. The summed E-state index contributed by atoms with van der Waals surface area (Å²) in [5.74, 6) is 0. The minimum absolute atomic E-state index is 0.543. The summed E-state index contributed by atoms with van der Waals surface area (Å²) in [6.45, 7) is 2.54. The number of rotatable bonds is 3. The normalized spacial score (nSPS) is 10.3. The van der Waals surface area contributed by atoms with Crippen LogP contribution in [0, 0.1) is 18.3 Å². The van der Waals surface area contributed by atoms with Crippen LogP contribution in [0.25, 0.3) is 10.9 Å². The molecule has 102 valence electrons. The molecule has 3 aromatic rings. The predicted octanol–water partition coefficient (Wildman–Crippen LogP) is 3.42. The Labute approximate surface area is 123 Å². The van der Waals surface area contributed by atoms with E-state index in [2.05, 4.69) is 21.4 Å². The number of para-hydroxylation sites is 1. The fraction of sp³-hybridized carbons (Fsp3) is 0.118. The van der Waals surface area contributed by atoms with E-state index >= 15 is 0 Å². The van der Waals surface area contributed by atoms with Crippen LogP contribution in [0.3, 0.4) is 0 Å². The Morgan fingerprint density at radius 2 is 2.00 bits per heavy atom. The van der Waals surface area contributed by atoms with Crippen LogP contribution in [0.2, 0.25) is 0 Å². The summed E-state index contributed by atoms with van der Waals surface area (Å²) in [4.78, 5) is 8.77. The molecule has 0 bridgehead atoms. The third-order valence-corrected chi connectivity index (χ3v) is 3.29. The number of pyridine rings is 2. The van der Waals surface area contributed by atoms with Crippen molar-refractivity contribution in [2.75, 3.05) is 5.32 Å². The smallest absolute Gasteiger partial charge is 0.103 e. The van der Waals surface area contributed by atoms with Crippen molar-refractivity contribution in [2.45, 2.75) is 13.5 Å². The van der Waals surface area contributed by atoms with Gasteiger partial charge in [-0.1, -0.05) is 24.3 Å². The maximum absolute atomic E-state index is 9.27. The maximum atomic E-state index is 9.27. The average Bonchev–Trinajstić information content (AvgIpc) is 2.52. The first-order valence-electron chi connectivity index (χ1n) is 6.72. The van der Waals surface area contributed by atoms with E-state index in [0.29, 0.717) is 12.1 Å². The van der Waals surface area contributed by atoms with Gasteiger partial charge < -0.3 is 5.32 Å². The second-order valence-electron chi connectivity index (χ2n) is 4.80. The summed E-state index contributed by atoms with van der Waals surface area (Å²) in [7, 11) is 0. The van der Waals surface area contributed by atoms with Gasteiger partial charge in [0.2, 0.25) is 0 Å². The highest BCUT2D eigenvalue weighted by molar-refractivity contribution is 5.93. The summed E-state index contributed by atoms with van der Waals surface area (Å²) in [6, 6.07) is 15.9. The average molecular weight is 274 g/mol. The highest BCUT2D eigenvalue weighted by Crippen LogP contribution is 2.25. The lowest BCUT2D eigenvalue weighted by molar-refractivity contribution is 1.02. The van der Waals surface area contributed by atoms with Gasteiger partial charge in [0, 0.05) is 17.3 Å². The highest BCUT2D eigenvalue weighted by Gasteiger charge is 2.08. The molecule has 0 aliphatic rings. The zero-order valence-corrected chi connectivity index (χ0v) is 11.7. The van der Waals surface area contributed by atoms with Crippen LogP contribution in [0.4, 0.5) is 5.69 Å². The second-order valence-corrected chi connectivity index (χ2v) is 4.80. The minimum Gasteiger partial charge on any atom is -0.378 e. The van der Waals surface area contributed by atoms with Gasteiger partial charge in [0.05, 0.1) is 29.0 Å². The number of nitrogens with one attached hydrogen (secondary N) is 1. The van der Waals surface area contributed by atoms with Crippen molar-refractivity contribution in [3.63, 3.8) is 0 Å². The molecular weight excluding hydrogens is 260 g/mol. The summed E-state index contributed by atoms with van der Waals surface area (Å²) in [5.41, 5.74) is 4.15. The van der Waals surface area contributed by atoms with E-state index in [1.54, 1.807) is 6.20 Å². The molecule has 2 aromatic heterocycles. The Morgan fingerprint density at radius 1 is 1.14 bits per heavy atom. The highest BCUT2D eigenvalue weighted by atomic mass is 14.9. The van der Waals surface area contributed by atoms with Crippen LogP contribution in [0.15, 0.2) is 48.7 Å². The zero-order valence-electron chi connectivity index (χ0n) is 11.7. The summed E-state index contributed by atoms with van der Waals surface area (Å²) in [6.07, 6.45) is 1.61. The van der Waals surface area contributed by atoms with Crippen LogP contribution >= 0.6 is 0 Å². The zero-order chi connectivity index (χ0) is 14.7. The Balaban J connectivity index is 1.98. The van der Waals surface area contributed by atoms with Crippen molar-refractivity contribution in [3.8, 4) is 6.07 Å². The summed E-state index contributed by atoms with van der Waals surface area (Å²) in [5, 5.41) is 13.5. The molecule has 3 rings (SSSR count). The number of hydrogen-bond acceptors (Lipinski definition) is 4. The molecule has 21 heavy (non-hydrogen) atoms. The fourth-order valence-corrected chi connectivity index (χ4v) is 2.29. The number of aryl methyl sites for hydroxylation is 1. The number of fused-ring (bicyclic) bond motifs is 1. The molecule has 0 unspecified atom stereocenters. The molecule has 0 saturated carbocycles. The molecule has 0 saturated heterocycles. The Kier molecular flexibility index (Phi) is 3.48. The van der Waals surface area contributed by atoms with Gasteiger partial charge in [0.15, 0.2) is 0 Å². The molecule has 0 fully saturated rings. The van der Waals surface area contributed by atoms with E-state index in [-0.39, 0.29) is 0 Å². The molecule has 0 atom stereocenters. The molecule has 0 radical (unpaired) electrons. The minimum atomic E-state index is 0.543. The Bertz CT molecular complexity index is 834. The van der Waals surface area contributed by atoms with Gasteiger partial charge in [-0.15, -0.1) is 0 Å². The molecule has 4 nitrogen and oxygen atoms in total. The van der Waals surface area contributed by atoms with Crippen molar-refractivity contribution in [1.82, 2.24) is 9.97 Å². The number of nitriles is 1. The van der Waals surface area contributed by atoms with E-state index in [9.17, 15) is 5.26 Å². The van der Waals surface area contributed by atoms with Gasteiger partial charge in [-0.05, 0) is 25.1 Å². The summed E-state index contributed by atoms with van der Waals surface area (Å²) < 4.78 is 0. The molecule has 0 spiro atoms. The van der Waals surface area contributed by atoms with Gasteiger partial charge in [-0.3, -0.25) is 9.97 Å². The van der Waals surface area contributed by atoms with E-state index in [1.807, 2.05) is 49.4 Å². The van der Waals surface area contributed by atoms with E-state index in [4.69, 9.17) is 0 Å². The molecule has 0 aliphatic carbocycles. The lowest BCUT2D eigenvalue weighted by atomic mass is 10.1. The third-order valence-electron chi connectivity index (χ3n) is 3.29. The van der Waals surface area contributed by atoms with Crippen molar-refractivity contribution < 1.29 is 0 Å². The van der Waals surface area contributed by atoms with Gasteiger partial charge in [-0.2, -0.15) is 5.26 Å². The summed E-state index contributed by atoms with van der Waals surface area (Å²) >= 11 is 0. The number of hydrogen-bond donors (Lipinski definition) is 1. The van der Waals surface area contributed by atoms with Crippen LogP contribution in [-0.2, 0) is 6.54 Å². The second kappa shape index (κ2) is 5.59. The lowest BCUT2D eigenvalue weighted by Crippen LogP contribution is -2.04. The SMILES string of the molecule is Cc1cccc(CNc2c(C#N)cnc3ccccc23)n1. The molecular formula is C17H14N4. The van der Waals surface area contributed by atoms with Crippen LogP contribution in [-0.4, -0.2) is 9.97 Å². The number of aromatic nitrogens is 2. The van der Waals surface area contributed by atoms with Crippen molar-refractivity contribution >= 4 is 16.6 Å². The van der Waals surface area contributed by atoms with Gasteiger partial charge in [0.1, 0.15) is 6.07 Å². The first-order chi connectivity index (χ1) is 10.3. The maximum Gasteiger partial charge on any atom is 0.103 e. The van der Waals surface area contributed by atoms with E-state index < -0.39 is 0 Å². The first-order valence-corrected chi connectivity index (χ1v) is 6.72. The fourth-order valence-electron chi connectivity index (χ4n) is 2.29. The number of anilines is 1. The van der Waals surface area contributed by atoms with E-state index in [1.165, 1.54) is 0 Å². The van der Waals surface area contributed by atoms with Crippen molar-refractivity contribution in [2.24, 2.45) is 0 Å². The molecule has 2 heterocycles. The molecule has 0 amide bonds. The quantitative estimate of drug-likeness (QED) is 0.795. The number of benzene rings is 1. The van der Waals surface area contributed by atoms with E-state index in [0.717, 1.165) is 28.0 Å². The van der Waals surface area contributed by atoms with Crippen molar-refractivity contribution in [1.29, 1.82) is 5.26 Å². The molecule has 0 aliphatic heterocycles.